The quantitative estimate of drug-likeness (QED) is 0.271. The lowest BCUT2D eigenvalue weighted by Gasteiger charge is -2.33. The van der Waals surface area contributed by atoms with E-state index in [9.17, 15) is 5.26 Å². The van der Waals surface area contributed by atoms with E-state index in [-0.39, 0.29) is 5.41 Å². The van der Waals surface area contributed by atoms with Crippen molar-refractivity contribution in [1.82, 2.24) is 0 Å². The topological polar surface area (TPSA) is 45.4 Å². The molecule has 1 aliphatic carbocycles. The Morgan fingerprint density at radius 1 is 1.06 bits per heavy atom. The summed E-state index contributed by atoms with van der Waals surface area (Å²) in [5, 5.41) is 13.1. The number of benzene rings is 3. The van der Waals surface area contributed by atoms with E-state index in [2.05, 4.69) is 69.3 Å². The summed E-state index contributed by atoms with van der Waals surface area (Å²) in [6, 6.07) is 25.1. The molecule has 0 amide bonds. The number of nitrogens with zero attached hydrogens (tertiary/aromatic N) is 2. The second-order valence-corrected chi connectivity index (χ2v) is 11.5. The van der Waals surface area contributed by atoms with Crippen LogP contribution in [0.25, 0.3) is 10.8 Å². The summed E-state index contributed by atoms with van der Waals surface area (Å²) >= 11 is 1.68. The van der Waals surface area contributed by atoms with Crippen molar-refractivity contribution in [2.24, 2.45) is 16.3 Å². The van der Waals surface area contributed by atoms with Crippen LogP contribution in [0.2, 0.25) is 0 Å². The number of aliphatic imine (C=N–C) groups is 1. The highest BCUT2D eigenvalue weighted by molar-refractivity contribution is 7.16. The first kappa shape index (κ1) is 23.3. The Morgan fingerprint density at radius 3 is 2.63 bits per heavy atom. The molecule has 0 radical (unpaired) electrons. The molecule has 4 aromatic rings. The third-order valence-electron chi connectivity index (χ3n) is 7.03. The minimum Gasteiger partial charge on any atom is -0.488 e. The van der Waals surface area contributed by atoms with E-state index in [1.165, 1.54) is 21.2 Å². The van der Waals surface area contributed by atoms with Crippen LogP contribution in [0, 0.1) is 22.7 Å². The van der Waals surface area contributed by atoms with E-state index in [1.807, 2.05) is 30.5 Å². The molecule has 1 heterocycles. The van der Waals surface area contributed by atoms with Gasteiger partial charge in [-0.1, -0.05) is 69.3 Å². The van der Waals surface area contributed by atoms with Crippen LogP contribution in [0.5, 0.6) is 5.75 Å². The predicted octanol–water partition coefficient (Wildman–Crippen LogP) is 8.25. The number of fused-ring (bicyclic) bond motifs is 2. The van der Waals surface area contributed by atoms with Crippen molar-refractivity contribution in [3.8, 4) is 11.8 Å². The fourth-order valence-electron chi connectivity index (χ4n) is 4.85. The maximum Gasteiger partial charge on any atom is 0.134 e. The van der Waals surface area contributed by atoms with Crippen molar-refractivity contribution < 1.29 is 4.74 Å². The van der Waals surface area contributed by atoms with Crippen molar-refractivity contribution in [1.29, 1.82) is 5.26 Å². The normalized spacial score (nSPS) is 15.8. The highest BCUT2D eigenvalue weighted by Crippen LogP contribution is 2.45. The molecule has 0 saturated carbocycles. The van der Waals surface area contributed by atoms with Gasteiger partial charge in [-0.3, -0.25) is 0 Å². The largest absolute Gasteiger partial charge is 0.488 e. The summed E-state index contributed by atoms with van der Waals surface area (Å²) in [4.78, 5) is 6.12. The van der Waals surface area contributed by atoms with Gasteiger partial charge in [0.1, 0.15) is 23.4 Å². The zero-order chi connectivity index (χ0) is 24.4. The van der Waals surface area contributed by atoms with E-state index < -0.39 is 0 Å². The number of ether oxygens (including phenoxy) is 1. The zero-order valence-electron chi connectivity index (χ0n) is 20.5. The lowest BCUT2D eigenvalue weighted by atomic mass is 9.72. The maximum absolute atomic E-state index is 9.88. The molecule has 0 saturated heterocycles. The number of nitriles is 1. The highest BCUT2D eigenvalue weighted by Gasteiger charge is 2.32. The van der Waals surface area contributed by atoms with Gasteiger partial charge in [-0.2, -0.15) is 5.26 Å². The van der Waals surface area contributed by atoms with Crippen LogP contribution in [0.1, 0.15) is 54.3 Å². The molecule has 1 aliphatic rings. The van der Waals surface area contributed by atoms with Gasteiger partial charge < -0.3 is 4.74 Å². The molecule has 0 fully saturated rings. The molecule has 1 atom stereocenters. The summed E-state index contributed by atoms with van der Waals surface area (Å²) in [5.74, 6) is 1.43. The SMILES string of the molecule is CC(C)(C)[C@@H]1CCc2c(sc(N=Cc3ccccc3OCc3ccc4ccccc4c3)c2C#N)C1. The lowest BCUT2D eigenvalue weighted by molar-refractivity contribution is 0.218. The summed E-state index contributed by atoms with van der Waals surface area (Å²) in [5.41, 5.74) is 4.28. The molecule has 3 aromatic carbocycles. The Bertz CT molecular complexity index is 1430. The van der Waals surface area contributed by atoms with Gasteiger partial charge in [0.2, 0.25) is 0 Å². The summed E-state index contributed by atoms with van der Waals surface area (Å²) in [7, 11) is 0. The molecule has 176 valence electrons. The molecule has 3 nitrogen and oxygen atoms in total. The van der Waals surface area contributed by atoms with Crippen LogP contribution >= 0.6 is 11.3 Å². The highest BCUT2D eigenvalue weighted by atomic mass is 32.1. The lowest BCUT2D eigenvalue weighted by Crippen LogP contribution is -2.26. The Labute approximate surface area is 211 Å². The van der Waals surface area contributed by atoms with E-state index in [1.54, 1.807) is 11.3 Å². The van der Waals surface area contributed by atoms with E-state index in [0.717, 1.165) is 46.7 Å². The standard InChI is InChI=1S/C31H30N2OS/c1-31(2,3)25-14-15-26-27(18-32)30(35-29(26)17-25)33-19-24-10-6-7-11-28(24)34-20-21-12-13-22-8-4-5-9-23(22)16-21/h4-13,16,19,25H,14-15,17,20H2,1-3H3/t25-/m1/s1. The average Bonchev–Trinajstić information content (AvgIpc) is 3.22. The molecule has 0 spiro atoms. The summed E-state index contributed by atoms with van der Waals surface area (Å²) < 4.78 is 6.20. The van der Waals surface area contributed by atoms with Crippen molar-refractivity contribution in [3.63, 3.8) is 0 Å². The van der Waals surface area contributed by atoms with Crippen LogP contribution in [-0.4, -0.2) is 6.21 Å². The van der Waals surface area contributed by atoms with Crippen molar-refractivity contribution in [3.05, 3.63) is 93.9 Å². The van der Waals surface area contributed by atoms with Crippen LogP contribution in [-0.2, 0) is 19.4 Å². The van der Waals surface area contributed by atoms with Crippen LogP contribution in [0.3, 0.4) is 0 Å². The van der Waals surface area contributed by atoms with Crippen LogP contribution < -0.4 is 4.74 Å². The number of hydrogen-bond acceptors (Lipinski definition) is 4. The number of hydrogen-bond donors (Lipinski definition) is 0. The van der Waals surface area contributed by atoms with E-state index in [4.69, 9.17) is 9.73 Å². The third kappa shape index (κ3) is 5.01. The molecule has 0 N–H and O–H groups in total. The number of para-hydroxylation sites is 1. The fraction of sp³-hybridized carbons (Fsp3) is 0.290. The minimum absolute atomic E-state index is 0.277. The van der Waals surface area contributed by atoms with Crippen LogP contribution in [0.4, 0.5) is 5.00 Å². The van der Waals surface area contributed by atoms with Gasteiger partial charge in [-0.15, -0.1) is 11.3 Å². The maximum atomic E-state index is 9.88. The molecule has 0 aliphatic heterocycles. The molecular formula is C31H30N2OS. The first-order valence-corrected chi connectivity index (χ1v) is 13.0. The first-order chi connectivity index (χ1) is 16.9. The Morgan fingerprint density at radius 2 is 1.83 bits per heavy atom. The Balaban J connectivity index is 1.36. The minimum atomic E-state index is 0.277. The van der Waals surface area contributed by atoms with E-state index in [0.29, 0.717) is 12.5 Å². The molecule has 4 heteroatoms. The smallest absolute Gasteiger partial charge is 0.134 e. The number of thiophene rings is 1. The second kappa shape index (κ2) is 9.68. The van der Waals surface area contributed by atoms with Gasteiger partial charge in [-0.05, 0) is 70.7 Å². The molecule has 1 aromatic heterocycles. The zero-order valence-corrected chi connectivity index (χ0v) is 21.4. The van der Waals surface area contributed by atoms with Crippen molar-refractivity contribution in [2.75, 3.05) is 0 Å². The second-order valence-electron chi connectivity index (χ2n) is 10.4. The van der Waals surface area contributed by atoms with Gasteiger partial charge in [0, 0.05) is 16.7 Å². The van der Waals surface area contributed by atoms with Gasteiger partial charge in [0.25, 0.3) is 0 Å². The number of rotatable bonds is 5. The van der Waals surface area contributed by atoms with Crippen molar-refractivity contribution >= 4 is 33.3 Å². The molecule has 0 unspecified atom stereocenters. The molecule has 0 bridgehead atoms. The summed E-state index contributed by atoms with van der Waals surface area (Å²) in [6.45, 7) is 7.43. The predicted molar refractivity (Wildman–Crippen MR) is 146 cm³/mol. The average molecular weight is 479 g/mol. The van der Waals surface area contributed by atoms with Gasteiger partial charge in [0.05, 0.1) is 5.56 Å². The van der Waals surface area contributed by atoms with E-state index >= 15 is 0 Å². The molecular weight excluding hydrogens is 448 g/mol. The van der Waals surface area contributed by atoms with Gasteiger partial charge >= 0.3 is 0 Å². The van der Waals surface area contributed by atoms with Crippen molar-refractivity contribution in [2.45, 2.75) is 46.6 Å². The fourth-order valence-corrected chi connectivity index (χ4v) is 6.07. The van der Waals surface area contributed by atoms with Gasteiger partial charge in [-0.25, -0.2) is 4.99 Å². The Kier molecular flexibility index (Phi) is 6.45. The molecule has 35 heavy (non-hydrogen) atoms. The van der Waals surface area contributed by atoms with Crippen LogP contribution in [0.15, 0.2) is 71.7 Å². The third-order valence-corrected chi connectivity index (χ3v) is 8.19. The van der Waals surface area contributed by atoms with Gasteiger partial charge in [0.15, 0.2) is 0 Å². The molecule has 5 rings (SSSR count). The first-order valence-electron chi connectivity index (χ1n) is 12.2. The monoisotopic (exact) mass is 478 g/mol. The Hall–Kier alpha value is -3.42. The summed E-state index contributed by atoms with van der Waals surface area (Å²) in [6.07, 6.45) is 4.99.